The van der Waals surface area contributed by atoms with Crippen LogP contribution in [0.5, 0.6) is 5.75 Å². The summed E-state index contributed by atoms with van der Waals surface area (Å²) < 4.78 is 11.1. The molecule has 0 radical (unpaired) electrons. The number of hydrogen-bond donors (Lipinski definition) is 2. The first-order chi connectivity index (χ1) is 11.7. The van der Waals surface area contributed by atoms with E-state index in [0.29, 0.717) is 19.1 Å². The summed E-state index contributed by atoms with van der Waals surface area (Å²) in [6.07, 6.45) is 4.18. The zero-order chi connectivity index (χ0) is 17.3. The van der Waals surface area contributed by atoms with Crippen LogP contribution in [0.3, 0.4) is 0 Å². The van der Waals surface area contributed by atoms with Crippen molar-refractivity contribution in [3.63, 3.8) is 0 Å². The van der Waals surface area contributed by atoms with E-state index in [1.165, 1.54) is 5.56 Å². The number of unbranched alkanes of at least 4 members (excludes halogenated alkanes) is 1. The van der Waals surface area contributed by atoms with E-state index in [1.807, 2.05) is 19.1 Å². The molecule has 1 aromatic carbocycles. The minimum atomic E-state index is 0.0000505. The summed E-state index contributed by atoms with van der Waals surface area (Å²) >= 11 is 0. The zero-order valence-corrected chi connectivity index (χ0v) is 15.0. The first-order valence-corrected chi connectivity index (χ1v) is 9.05. The van der Waals surface area contributed by atoms with E-state index < -0.39 is 0 Å². The summed E-state index contributed by atoms with van der Waals surface area (Å²) in [5.74, 6) is 1.45. The number of hydrogen-bond acceptors (Lipinski definition) is 3. The molecule has 0 amide bonds. The van der Waals surface area contributed by atoms with Crippen LogP contribution in [0.1, 0.15) is 45.1 Å². The molecular weight excluding hydrogens is 302 g/mol. The number of nitrogens with two attached hydrogens (primary N) is 1. The van der Waals surface area contributed by atoms with Gasteiger partial charge in [0.15, 0.2) is 5.96 Å². The molecule has 24 heavy (non-hydrogen) atoms. The zero-order valence-electron chi connectivity index (χ0n) is 15.0. The van der Waals surface area contributed by atoms with Gasteiger partial charge in [-0.25, -0.2) is 0 Å². The molecule has 1 heterocycles. The third-order valence-corrected chi connectivity index (χ3v) is 4.62. The fourth-order valence-electron chi connectivity index (χ4n) is 3.06. The molecule has 0 spiro atoms. The first-order valence-electron chi connectivity index (χ1n) is 9.05. The average molecular weight is 333 g/mol. The Bertz CT molecular complexity index is 508. The van der Waals surface area contributed by atoms with Gasteiger partial charge in [0.1, 0.15) is 5.75 Å². The van der Waals surface area contributed by atoms with Gasteiger partial charge in [-0.3, -0.25) is 4.99 Å². The van der Waals surface area contributed by atoms with Crippen molar-refractivity contribution in [2.75, 3.05) is 32.9 Å². The van der Waals surface area contributed by atoms with Crippen LogP contribution in [-0.4, -0.2) is 38.9 Å². The Kier molecular flexibility index (Phi) is 7.37. The quantitative estimate of drug-likeness (QED) is 0.436. The van der Waals surface area contributed by atoms with Crippen LogP contribution < -0.4 is 15.8 Å². The van der Waals surface area contributed by atoms with E-state index in [2.05, 4.69) is 29.4 Å². The van der Waals surface area contributed by atoms with E-state index in [-0.39, 0.29) is 5.41 Å². The maximum atomic E-state index is 6.02. The minimum absolute atomic E-state index is 0.0000505. The third kappa shape index (κ3) is 5.13. The van der Waals surface area contributed by atoms with Crippen LogP contribution in [0.15, 0.2) is 29.3 Å². The molecule has 0 atom stereocenters. The van der Waals surface area contributed by atoms with Crippen molar-refractivity contribution in [1.82, 2.24) is 5.32 Å². The lowest BCUT2D eigenvalue weighted by Crippen LogP contribution is -2.39. The number of nitrogens with one attached hydrogen (secondary N) is 1. The Balaban J connectivity index is 2.09. The SMILES string of the molecule is CCCCNC(N)=NCC1(c2ccc(OCC)cc2)CCOCC1. The van der Waals surface area contributed by atoms with Gasteiger partial charge in [0, 0.05) is 25.2 Å². The Morgan fingerprint density at radius 2 is 1.96 bits per heavy atom. The molecule has 0 saturated carbocycles. The standard InChI is InChI=1S/C19H31N3O2/c1-3-5-12-21-18(20)22-15-19(10-13-23-14-11-19)16-6-8-17(9-7-16)24-4-2/h6-9H,3-5,10-15H2,1-2H3,(H3,20,21,22). The van der Waals surface area contributed by atoms with Crippen LogP contribution in [0.4, 0.5) is 0 Å². The number of nitrogens with zero attached hydrogens (tertiary/aromatic N) is 1. The van der Waals surface area contributed by atoms with Gasteiger partial charge in [0.05, 0.1) is 13.2 Å². The summed E-state index contributed by atoms with van der Waals surface area (Å²) in [7, 11) is 0. The van der Waals surface area contributed by atoms with Gasteiger partial charge in [0.25, 0.3) is 0 Å². The highest BCUT2D eigenvalue weighted by Crippen LogP contribution is 2.36. The lowest BCUT2D eigenvalue weighted by molar-refractivity contribution is 0.0531. The predicted molar refractivity (Wildman–Crippen MR) is 98.7 cm³/mol. The second-order valence-electron chi connectivity index (χ2n) is 6.33. The number of rotatable bonds is 8. The second kappa shape index (κ2) is 9.52. The summed E-state index contributed by atoms with van der Waals surface area (Å²) in [4.78, 5) is 4.62. The Morgan fingerprint density at radius 1 is 1.25 bits per heavy atom. The van der Waals surface area contributed by atoms with Crippen molar-refractivity contribution < 1.29 is 9.47 Å². The topological polar surface area (TPSA) is 68.9 Å². The summed E-state index contributed by atoms with van der Waals surface area (Å²) in [5.41, 5.74) is 7.31. The average Bonchev–Trinajstić information content (AvgIpc) is 2.62. The van der Waals surface area contributed by atoms with Gasteiger partial charge in [0.2, 0.25) is 0 Å². The van der Waals surface area contributed by atoms with Gasteiger partial charge in [-0.1, -0.05) is 25.5 Å². The highest BCUT2D eigenvalue weighted by Gasteiger charge is 2.34. The molecule has 2 rings (SSSR count). The smallest absolute Gasteiger partial charge is 0.188 e. The molecule has 1 aromatic rings. The van der Waals surface area contributed by atoms with Gasteiger partial charge in [-0.05, 0) is 43.9 Å². The van der Waals surface area contributed by atoms with Gasteiger partial charge in [-0.2, -0.15) is 0 Å². The largest absolute Gasteiger partial charge is 0.494 e. The van der Waals surface area contributed by atoms with Crippen LogP contribution in [-0.2, 0) is 10.2 Å². The lowest BCUT2D eigenvalue weighted by atomic mass is 9.74. The van der Waals surface area contributed by atoms with Gasteiger partial charge < -0.3 is 20.5 Å². The maximum absolute atomic E-state index is 6.02. The molecule has 0 unspecified atom stereocenters. The van der Waals surface area contributed by atoms with Crippen LogP contribution >= 0.6 is 0 Å². The summed E-state index contributed by atoms with van der Waals surface area (Å²) in [6, 6.07) is 8.41. The van der Waals surface area contributed by atoms with Gasteiger partial charge in [-0.15, -0.1) is 0 Å². The Labute approximate surface area is 145 Å². The maximum Gasteiger partial charge on any atom is 0.188 e. The normalized spacial score (nSPS) is 17.5. The highest BCUT2D eigenvalue weighted by atomic mass is 16.5. The van der Waals surface area contributed by atoms with Crippen molar-refractivity contribution in [2.45, 2.75) is 44.9 Å². The molecule has 0 bridgehead atoms. The van der Waals surface area contributed by atoms with Crippen molar-refractivity contribution in [2.24, 2.45) is 10.7 Å². The fourth-order valence-corrected chi connectivity index (χ4v) is 3.06. The van der Waals surface area contributed by atoms with Crippen LogP contribution in [0.2, 0.25) is 0 Å². The second-order valence-corrected chi connectivity index (χ2v) is 6.33. The molecule has 0 aromatic heterocycles. The van der Waals surface area contributed by atoms with Crippen LogP contribution in [0.25, 0.3) is 0 Å². The number of benzene rings is 1. The molecular formula is C19H31N3O2. The molecule has 0 aliphatic carbocycles. The summed E-state index contributed by atoms with van der Waals surface area (Å²) in [6.45, 7) is 7.95. The van der Waals surface area contributed by atoms with E-state index >= 15 is 0 Å². The Hall–Kier alpha value is -1.75. The van der Waals surface area contributed by atoms with E-state index in [9.17, 15) is 0 Å². The number of ether oxygens (including phenoxy) is 2. The first kappa shape index (κ1) is 18.6. The molecule has 5 heteroatoms. The minimum Gasteiger partial charge on any atom is -0.494 e. The Morgan fingerprint density at radius 3 is 2.58 bits per heavy atom. The van der Waals surface area contributed by atoms with E-state index in [4.69, 9.17) is 15.2 Å². The number of guanidine groups is 1. The molecule has 3 N–H and O–H groups in total. The predicted octanol–water partition coefficient (Wildman–Crippen LogP) is 2.84. The van der Waals surface area contributed by atoms with Gasteiger partial charge >= 0.3 is 0 Å². The summed E-state index contributed by atoms with van der Waals surface area (Å²) in [5, 5.41) is 3.19. The molecule has 1 aliphatic heterocycles. The van der Waals surface area contributed by atoms with Crippen molar-refractivity contribution in [3.8, 4) is 5.75 Å². The number of aliphatic imine (C=N–C) groups is 1. The fraction of sp³-hybridized carbons (Fsp3) is 0.632. The van der Waals surface area contributed by atoms with Crippen molar-refractivity contribution in [3.05, 3.63) is 29.8 Å². The van der Waals surface area contributed by atoms with E-state index in [1.54, 1.807) is 0 Å². The molecule has 5 nitrogen and oxygen atoms in total. The van der Waals surface area contributed by atoms with Crippen molar-refractivity contribution >= 4 is 5.96 Å². The molecule has 1 aliphatic rings. The molecule has 1 fully saturated rings. The van der Waals surface area contributed by atoms with E-state index in [0.717, 1.165) is 51.2 Å². The molecule has 134 valence electrons. The third-order valence-electron chi connectivity index (χ3n) is 4.62. The lowest BCUT2D eigenvalue weighted by Gasteiger charge is -2.36. The molecule has 1 saturated heterocycles. The highest BCUT2D eigenvalue weighted by molar-refractivity contribution is 5.77. The monoisotopic (exact) mass is 333 g/mol. The van der Waals surface area contributed by atoms with Crippen molar-refractivity contribution in [1.29, 1.82) is 0 Å². The van der Waals surface area contributed by atoms with Crippen LogP contribution in [0, 0.1) is 0 Å².